The fourth-order valence-corrected chi connectivity index (χ4v) is 2.25. The van der Waals surface area contributed by atoms with E-state index in [-0.39, 0.29) is 11.9 Å². The van der Waals surface area contributed by atoms with Crippen LogP contribution in [0.2, 0.25) is 0 Å². The number of nitrogens with one attached hydrogen (secondary N) is 1. The zero-order valence-electron chi connectivity index (χ0n) is 10.2. The minimum Gasteiger partial charge on any atom is -0.449 e. The zero-order chi connectivity index (χ0) is 13.1. The van der Waals surface area contributed by atoms with Crippen LogP contribution in [0.5, 0.6) is 0 Å². The van der Waals surface area contributed by atoms with Gasteiger partial charge in [-0.1, -0.05) is 12.1 Å². The van der Waals surface area contributed by atoms with Gasteiger partial charge in [0.15, 0.2) is 5.89 Å². The average Bonchev–Trinajstić information content (AvgIpc) is 2.78. The summed E-state index contributed by atoms with van der Waals surface area (Å²) in [5, 5.41) is 3.16. The minimum absolute atomic E-state index is 0.000509. The molecule has 0 radical (unpaired) electrons. The van der Waals surface area contributed by atoms with Gasteiger partial charge in [-0.15, -0.1) is 0 Å². The summed E-state index contributed by atoms with van der Waals surface area (Å²) in [5.41, 5.74) is 1.72. The molecule has 0 saturated heterocycles. The van der Waals surface area contributed by atoms with Crippen LogP contribution in [-0.2, 0) is 6.42 Å². The lowest BCUT2D eigenvalue weighted by atomic mass is 10.0. The Kier molecular flexibility index (Phi) is 4.14. The number of aromatic nitrogens is 1. The van der Waals surface area contributed by atoms with Gasteiger partial charge < -0.3 is 9.73 Å². The maximum absolute atomic E-state index is 13.4. The van der Waals surface area contributed by atoms with Crippen LogP contribution in [0, 0.1) is 12.7 Å². The van der Waals surface area contributed by atoms with E-state index >= 15 is 0 Å². The number of halogens is 2. The number of oxazole rings is 1. The number of benzene rings is 1. The topological polar surface area (TPSA) is 38.1 Å². The van der Waals surface area contributed by atoms with Crippen molar-refractivity contribution in [3.63, 3.8) is 0 Å². The summed E-state index contributed by atoms with van der Waals surface area (Å²) in [4.78, 5) is 4.29. The lowest BCUT2D eigenvalue weighted by molar-refractivity contribution is 0.515. The molecule has 1 heterocycles. The van der Waals surface area contributed by atoms with E-state index in [0.717, 1.165) is 11.3 Å². The van der Waals surface area contributed by atoms with Crippen LogP contribution in [0.4, 0.5) is 4.39 Å². The highest BCUT2D eigenvalue weighted by atomic mass is 79.9. The summed E-state index contributed by atoms with van der Waals surface area (Å²) in [5.74, 6) is 0.377. The first kappa shape index (κ1) is 13.2. The largest absolute Gasteiger partial charge is 0.449 e. The molecular formula is C13H14BrFN2O. The number of likely N-dealkylation sites (N-methyl/N-ethyl adjacent to an activating group) is 1. The lowest BCUT2D eigenvalue weighted by Crippen LogP contribution is -2.19. The highest BCUT2D eigenvalue weighted by molar-refractivity contribution is 9.10. The second kappa shape index (κ2) is 5.63. The van der Waals surface area contributed by atoms with Gasteiger partial charge in [0.1, 0.15) is 12.1 Å². The molecule has 3 nitrogen and oxygen atoms in total. The summed E-state index contributed by atoms with van der Waals surface area (Å²) in [7, 11) is 1.85. The molecule has 96 valence electrons. The Morgan fingerprint density at radius 1 is 1.50 bits per heavy atom. The van der Waals surface area contributed by atoms with Gasteiger partial charge >= 0.3 is 0 Å². The van der Waals surface area contributed by atoms with Crippen LogP contribution in [0.25, 0.3) is 0 Å². The van der Waals surface area contributed by atoms with Crippen molar-refractivity contribution in [1.82, 2.24) is 10.3 Å². The number of aryl methyl sites for hydroxylation is 1. The van der Waals surface area contributed by atoms with E-state index in [1.807, 2.05) is 13.1 Å². The van der Waals surface area contributed by atoms with E-state index in [4.69, 9.17) is 4.42 Å². The highest BCUT2D eigenvalue weighted by Gasteiger charge is 2.16. The van der Waals surface area contributed by atoms with E-state index in [9.17, 15) is 4.39 Å². The Hall–Kier alpha value is -1.20. The number of nitrogens with zero attached hydrogens (tertiary/aromatic N) is 1. The van der Waals surface area contributed by atoms with Crippen LogP contribution in [-0.4, -0.2) is 12.0 Å². The van der Waals surface area contributed by atoms with Crippen molar-refractivity contribution < 1.29 is 8.81 Å². The van der Waals surface area contributed by atoms with Crippen molar-refractivity contribution in [2.75, 3.05) is 7.05 Å². The van der Waals surface area contributed by atoms with Crippen LogP contribution >= 0.6 is 15.9 Å². The van der Waals surface area contributed by atoms with Crippen molar-refractivity contribution in [2.24, 2.45) is 0 Å². The zero-order valence-corrected chi connectivity index (χ0v) is 11.8. The van der Waals surface area contributed by atoms with Gasteiger partial charge in [0, 0.05) is 6.92 Å². The molecule has 2 aromatic rings. The first-order chi connectivity index (χ1) is 8.61. The minimum atomic E-state index is -0.251. The number of hydrogen-bond acceptors (Lipinski definition) is 3. The molecule has 1 atom stereocenters. The monoisotopic (exact) mass is 312 g/mol. The smallest absolute Gasteiger partial charge is 0.191 e. The predicted octanol–water partition coefficient (Wildman–Crippen LogP) is 3.39. The SMILES string of the molecule is CNC(Cc1cccc(F)c1Br)c1coc(C)n1. The molecule has 0 aliphatic heterocycles. The van der Waals surface area contributed by atoms with Crippen molar-refractivity contribution in [3.05, 3.63) is 51.9 Å². The van der Waals surface area contributed by atoms with E-state index < -0.39 is 0 Å². The molecule has 1 N–H and O–H groups in total. The second-order valence-electron chi connectivity index (χ2n) is 4.05. The quantitative estimate of drug-likeness (QED) is 0.940. The molecule has 0 spiro atoms. The van der Waals surface area contributed by atoms with Gasteiger partial charge in [-0.25, -0.2) is 9.37 Å². The standard InChI is InChI=1S/C13H14BrFN2O/c1-8-17-12(7-18-8)11(16-2)6-9-4-3-5-10(15)13(9)14/h3-5,7,11,16H,6H2,1-2H3. The molecule has 1 unspecified atom stereocenters. The Labute approximate surface area is 114 Å². The van der Waals surface area contributed by atoms with Crippen molar-refractivity contribution in [2.45, 2.75) is 19.4 Å². The Morgan fingerprint density at radius 2 is 2.28 bits per heavy atom. The van der Waals surface area contributed by atoms with Gasteiger partial charge in [0.2, 0.25) is 0 Å². The Bertz CT molecular complexity index is 542. The Balaban J connectivity index is 2.23. The van der Waals surface area contributed by atoms with Crippen LogP contribution < -0.4 is 5.32 Å². The summed E-state index contributed by atoms with van der Waals surface area (Å²) in [6.07, 6.45) is 2.27. The predicted molar refractivity (Wildman–Crippen MR) is 70.8 cm³/mol. The molecule has 5 heteroatoms. The summed E-state index contributed by atoms with van der Waals surface area (Å²) < 4.78 is 19.1. The lowest BCUT2D eigenvalue weighted by Gasteiger charge is -2.14. The Morgan fingerprint density at radius 3 is 2.89 bits per heavy atom. The normalized spacial score (nSPS) is 12.7. The molecule has 0 saturated carbocycles. The first-order valence-corrected chi connectivity index (χ1v) is 6.43. The van der Waals surface area contributed by atoms with E-state index in [1.54, 1.807) is 19.3 Å². The molecule has 18 heavy (non-hydrogen) atoms. The average molecular weight is 313 g/mol. The molecule has 1 aromatic heterocycles. The molecular weight excluding hydrogens is 299 g/mol. The van der Waals surface area contributed by atoms with Crippen molar-refractivity contribution >= 4 is 15.9 Å². The third kappa shape index (κ3) is 2.79. The van der Waals surface area contributed by atoms with Gasteiger partial charge in [-0.05, 0) is 41.0 Å². The fraction of sp³-hybridized carbons (Fsp3) is 0.308. The maximum Gasteiger partial charge on any atom is 0.191 e. The molecule has 0 bridgehead atoms. The van der Waals surface area contributed by atoms with Gasteiger partial charge in [-0.2, -0.15) is 0 Å². The van der Waals surface area contributed by atoms with E-state index in [0.29, 0.717) is 16.8 Å². The third-order valence-electron chi connectivity index (χ3n) is 2.80. The second-order valence-corrected chi connectivity index (χ2v) is 4.84. The van der Waals surface area contributed by atoms with Gasteiger partial charge in [0.05, 0.1) is 16.2 Å². The third-order valence-corrected chi connectivity index (χ3v) is 3.69. The van der Waals surface area contributed by atoms with Gasteiger partial charge in [-0.3, -0.25) is 0 Å². The summed E-state index contributed by atoms with van der Waals surface area (Å²) in [6.45, 7) is 1.80. The van der Waals surface area contributed by atoms with Crippen molar-refractivity contribution in [1.29, 1.82) is 0 Å². The first-order valence-electron chi connectivity index (χ1n) is 5.64. The molecule has 2 rings (SSSR count). The number of rotatable bonds is 4. The maximum atomic E-state index is 13.4. The molecule has 0 aliphatic carbocycles. The van der Waals surface area contributed by atoms with E-state index in [2.05, 4.69) is 26.2 Å². The van der Waals surface area contributed by atoms with Crippen LogP contribution in [0.1, 0.15) is 23.2 Å². The van der Waals surface area contributed by atoms with Gasteiger partial charge in [0.25, 0.3) is 0 Å². The van der Waals surface area contributed by atoms with Crippen LogP contribution in [0.3, 0.4) is 0 Å². The van der Waals surface area contributed by atoms with Crippen LogP contribution in [0.15, 0.2) is 33.4 Å². The molecule has 0 aliphatic rings. The summed E-state index contributed by atoms with van der Waals surface area (Å²) in [6, 6.07) is 5.03. The fourth-order valence-electron chi connectivity index (χ4n) is 1.82. The van der Waals surface area contributed by atoms with Crippen molar-refractivity contribution in [3.8, 4) is 0 Å². The highest BCUT2D eigenvalue weighted by Crippen LogP contribution is 2.25. The molecule has 0 fully saturated rings. The summed E-state index contributed by atoms with van der Waals surface area (Å²) >= 11 is 3.27. The molecule has 0 amide bonds. The number of hydrogen-bond donors (Lipinski definition) is 1. The molecule has 1 aromatic carbocycles. The van der Waals surface area contributed by atoms with E-state index in [1.165, 1.54) is 6.07 Å².